The van der Waals surface area contributed by atoms with Crippen LogP contribution in [0.25, 0.3) is 10.9 Å². The van der Waals surface area contributed by atoms with Gasteiger partial charge < -0.3 is 24.4 Å². The highest BCUT2D eigenvalue weighted by Gasteiger charge is 2.29. The van der Waals surface area contributed by atoms with Crippen molar-refractivity contribution in [1.82, 2.24) is 19.4 Å². The van der Waals surface area contributed by atoms with Crippen LogP contribution in [0.2, 0.25) is 0 Å². The van der Waals surface area contributed by atoms with E-state index in [0.717, 1.165) is 48.5 Å². The van der Waals surface area contributed by atoms with Crippen LogP contribution in [0.15, 0.2) is 71.5 Å². The number of nitrogens with one attached hydrogen (secondary N) is 1. The van der Waals surface area contributed by atoms with E-state index in [1.165, 1.54) is 6.07 Å². The number of hydrogen-bond acceptors (Lipinski definition) is 7. The van der Waals surface area contributed by atoms with E-state index in [1.807, 2.05) is 55.8 Å². The fourth-order valence-electron chi connectivity index (χ4n) is 6.51. The molecule has 0 spiro atoms. The quantitative estimate of drug-likeness (QED) is 0.324. The fraction of sp³-hybridized carbons (Fsp3) is 0.394. The van der Waals surface area contributed by atoms with Crippen LogP contribution in [0.5, 0.6) is 0 Å². The highest BCUT2D eigenvalue weighted by Crippen LogP contribution is 2.27. The summed E-state index contributed by atoms with van der Waals surface area (Å²) in [6, 6.07) is 5.60. The number of pyridine rings is 2. The van der Waals surface area contributed by atoms with Gasteiger partial charge in [-0.25, -0.2) is 9.37 Å². The van der Waals surface area contributed by atoms with Gasteiger partial charge in [-0.15, -0.1) is 0 Å². The van der Waals surface area contributed by atoms with Crippen LogP contribution in [0.4, 0.5) is 15.9 Å². The third-order valence-electron chi connectivity index (χ3n) is 8.88. The summed E-state index contributed by atoms with van der Waals surface area (Å²) >= 11 is 0. The molecule has 0 aliphatic carbocycles. The monoisotopic (exact) mass is 580 g/mol. The molecule has 222 valence electrons. The van der Waals surface area contributed by atoms with E-state index >= 15 is 0 Å². The zero-order valence-corrected chi connectivity index (χ0v) is 25.1. The Morgan fingerprint density at radius 1 is 1.26 bits per heavy atom. The van der Waals surface area contributed by atoms with Crippen molar-refractivity contribution >= 4 is 35.7 Å². The van der Waals surface area contributed by atoms with Crippen LogP contribution in [0.3, 0.4) is 0 Å². The second kappa shape index (κ2) is 12.4. The summed E-state index contributed by atoms with van der Waals surface area (Å²) in [5, 5.41) is 3.47. The summed E-state index contributed by atoms with van der Waals surface area (Å²) in [6.07, 6.45) is 16.6. The van der Waals surface area contributed by atoms with Crippen molar-refractivity contribution in [3.8, 4) is 0 Å². The highest BCUT2D eigenvalue weighted by molar-refractivity contribution is 6.34. The van der Waals surface area contributed by atoms with E-state index in [4.69, 9.17) is 12.6 Å². The van der Waals surface area contributed by atoms with Gasteiger partial charge in [0.2, 0.25) is 0 Å². The van der Waals surface area contributed by atoms with Gasteiger partial charge in [0.1, 0.15) is 25.7 Å². The molecule has 2 unspecified atom stereocenters. The van der Waals surface area contributed by atoms with Crippen LogP contribution in [0, 0.1) is 5.82 Å². The van der Waals surface area contributed by atoms with E-state index in [1.54, 1.807) is 7.11 Å². The number of hydrogen-bond donors (Lipinski definition) is 1. The molecule has 1 aromatic carbocycles. The molecule has 10 heteroatoms. The Balaban J connectivity index is 1.37. The molecule has 8 nitrogen and oxygen atoms in total. The van der Waals surface area contributed by atoms with E-state index in [2.05, 4.69) is 42.9 Å². The van der Waals surface area contributed by atoms with Crippen LogP contribution in [-0.2, 0) is 24.2 Å². The number of allylic oxidation sites excluding steroid dienone is 2. The first-order valence-corrected chi connectivity index (χ1v) is 14.9. The second-order valence-electron chi connectivity index (χ2n) is 11.6. The molecule has 6 rings (SSSR count). The number of rotatable bonds is 8. The summed E-state index contributed by atoms with van der Waals surface area (Å²) < 4.78 is 22.7. The van der Waals surface area contributed by atoms with Crippen molar-refractivity contribution in [2.75, 3.05) is 51.1 Å². The van der Waals surface area contributed by atoms with Crippen LogP contribution < -0.4 is 21.1 Å². The number of aromatic nitrogens is 2. The van der Waals surface area contributed by atoms with E-state index in [-0.39, 0.29) is 23.2 Å². The van der Waals surface area contributed by atoms with E-state index in [9.17, 15) is 9.18 Å². The van der Waals surface area contributed by atoms with Gasteiger partial charge in [-0.2, -0.15) is 0 Å². The first kappa shape index (κ1) is 29.2. The Labute approximate surface area is 253 Å². The van der Waals surface area contributed by atoms with Crippen LogP contribution in [0.1, 0.15) is 24.0 Å². The zero-order chi connectivity index (χ0) is 30.1. The van der Waals surface area contributed by atoms with Crippen molar-refractivity contribution in [2.45, 2.75) is 44.6 Å². The number of benzene rings is 1. The molecule has 2 aromatic heterocycles. The predicted molar refractivity (Wildman–Crippen MR) is 172 cm³/mol. The Morgan fingerprint density at radius 2 is 2.12 bits per heavy atom. The number of ether oxygens (including phenoxy) is 1. The number of likely N-dealkylation sites (N-methyl/N-ethyl adjacent to an activating group) is 1. The summed E-state index contributed by atoms with van der Waals surface area (Å²) in [7, 11) is 11.7. The largest absolute Gasteiger partial charge is 0.373 e. The minimum atomic E-state index is -0.538. The Bertz CT molecular complexity index is 1650. The molecule has 3 aliphatic heterocycles. The average Bonchev–Trinajstić information content (AvgIpc) is 3.25. The van der Waals surface area contributed by atoms with E-state index in [0.29, 0.717) is 42.6 Å². The SMILES string of the molecule is [B]c1c(F)cc2c(=O)c(CN(CC3=CC(OC)N(C)C=C3)C3CCCN(c4ccc(NC)nc4)C3)cn3c2c1CC=CC3. The molecule has 43 heavy (non-hydrogen) atoms. The summed E-state index contributed by atoms with van der Waals surface area (Å²) in [5.74, 6) is 0.295. The van der Waals surface area contributed by atoms with Gasteiger partial charge in [-0.3, -0.25) is 9.69 Å². The van der Waals surface area contributed by atoms with Gasteiger partial charge in [-0.05, 0) is 60.8 Å². The molecule has 0 amide bonds. The fourth-order valence-corrected chi connectivity index (χ4v) is 6.51. The summed E-state index contributed by atoms with van der Waals surface area (Å²) in [6.45, 7) is 3.45. The standard InChI is InChI=1S/C33H38BFN6O2/c1-36-29-10-9-24(17-37-29)39-13-6-7-25(21-39)41(18-22-11-14-38(2)30(15-22)43-3)20-23-19-40-12-5-4-8-26-31(34)28(35)16-27(32(26)40)33(23)42/h4-5,9-11,14-17,19,25,30H,6-8,12-13,18,20-21H2,1-3H3,(H,36,37). The number of piperidine rings is 1. The van der Waals surface area contributed by atoms with Crippen molar-refractivity contribution in [3.63, 3.8) is 0 Å². The molecule has 2 radical (unpaired) electrons. The first-order chi connectivity index (χ1) is 20.9. The Hall–Kier alpha value is -3.89. The van der Waals surface area contributed by atoms with Crippen molar-refractivity contribution in [1.29, 1.82) is 0 Å². The first-order valence-electron chi connectivity index (χ1n) is 14.9. The van der Waals surface area contributed by atoms with Crippen molar-refractivity contribution < 1.29 is 9.13 Å². The average molecular weight is 581 g/mol. The van der Waals surface area contributed by atoms with Crippen molar-refractivity contribution in [3.05, 3.63) is 93.8 Å². The van der Waals surface area contributed by atoms with Crippen molar-refractivity contribution in [2.24, 2.45) is 0 Å². The molecule has 1 N–H and O–H groups in total. The molecular formula is C33H38BFN6O2. The zero-order valence-electron chi connectivity index (χ0n) is 25.1. The lowest BCUT2D eigenvalue weighted by Gasteiger charge is -2.41. The Morgan fingerprint density at radius 3 is 2.88 bits per heavy atom. The lowest BCUT2D eigenvalue weighted by Crippen LogP contribution is -2.49. The van der Waals surface area contributed by atoms with Gasteiger partial charge in [0, 0.05) is 83.3 Å². The van der Waals surface area contributed by atoms with Gasteiger partial charge in [0.15, 0.2) is 5.43 Å². The summed E-state index contributed by atoms with van der Waals surface area (Å²) in [5.41, 5.74) is 4.25. The minimum Gasteiger partial charge on any atom is -0.373 e. The lowest BCUT2D eigenvalue weighted by atomic mass is 9.86. The molecule has 1 fully saturated rings. The van der Waals surface area contributed by atoms with Gasteiger partial charge in [-0.1, -0.05) is 17.6 Å². The molecule has 3 aliphatic rings. The molecular weight excluding hydrogens is 542 g/mol. The molecule has 0 saturated carbocycles. The van der Waals surface area contributed by atoms with Gasteiger partial charge in [0.05, 0.1) is 17.4 Å². The maximum atomic E-state index is 15.0. The minimum absolute atomic E-state index is 0.120. The lowest BCUT2D eigenvalue weighted by molar-refractivity contribution is 0.0432. The molecule has 5 heterocycles. The number of nitrogens with zero attached hydrogens (tertiary/aromatic N) is 5. The summed E-state index contributed by atoms with van der Waals surface area (Å²) in [4.78, 5) is 25.3. The van der Waals surface area contributed by atoms with Gasteiger partial charge in [0.25, 0.3) is 0 Å². The molecule has 0 bridgehead atoms. The smallest absolute Gasteiger partial charge is 0.193 e. The van der Waals surface area contributed by atoms with Crippen LogP contribution >= 0.6 is 0 Å². The van der Waals surface area contributed by atoms with E-state index < -0.39 is 5.82 Å². The normalized spacial score (nSPS) is 20.1. The third kappa shape index (κ3) is 5.86. The highest BCUT2D eigenvalue weighted by atomic mass is 19.1. The topological polar surface area (TPSA) is 65.9 Å². The Kier molecular flexibility index (Phi) is 8.41. The number of methoxy groups -OCH3 is 1. The van der Waals surface area contributed by atoms with Crippen LogP contribution in [-0.4, -0.2) is 80.3 Å². The molecule has 1 saturated heterocycles. The molecule has 2 atom stereocenters. The second-order valence-corrected chi connectivity index (χ2v) is 11.6. The van der Waals surface area contributed by atoms with Gasteiger partial charge >= 0.3 is 0 Å². The predicted octanol–water partition coefficient (Wildman–Crippen LogP) is 3.31. The number of anilines is 2. The third-order valence-corrected chi connectivity index (χ3v) is 8.88. The maximum absolute atomic E-state index is 15.0. The number of halogens is 1. The molecule has 3 aromatic rings. The maximum Gasteiger partial charge on any atom is 0.193 e.